The Kier molecular flexibility index (Phi) is 4.83. The van der Waals surface area contributed by atoms with E-state index in [0.29, 0.717) is 12.0 Å². The largest absolute Gasteiger partial charge is 0.352 e. The standard InChI is InChI=1S/C20H21FN2O2/c1-12-7-13(2)9-15(8-12)23-20(25)17-10-16(17)19(24)22-11-14-5-3-4-6-18(14)21/h3-9,16-17H,10-11H2,1-2H3,(H,22,24)(H,23,25). The normalized spacial score (nSPS) is 18.5. The number of carbonyl (C=O) groups is 2. The number of carbonyl (C=O) groups excluding carboxylic acids is 2. The molecule has 2 amide bonds. The van der Waals surface area contributed by atoms with Crippen LogP contribution < -0.4 is 10.6 Å². The zero-order valence-corrected chi connectivity index (χ0v) is 14.3. The molecule has 2 unspecified atom stereocenters. The lowest BCUT2D eigenvalue weighted by molar-refractivity contribution is -0.125. The van der Waals surface area contributed by atoms with Gasteiger partial charge in [0.1, 0.15) is 5.82 Å². The zero-order valence-electron chi connectivity index (χ0n) is 14.3. The molecule has 1 aliphatic carbocycles. The molecule has 0 aromatic heterocycles. The molecular formula is C20H21FN2O2. The van der Waals surface area contributed by atoms with E-state index < -0.39 is 0 Å². The van der Waals surface area contributed by atoms with Crippen LogP contribution in [0.25, 0.3) is 0 Å². The van der Waals surface area contributed by atoms with Gasteiger partial charge < -0.3 is 10.6 Å². The predicted octanol–water partition coefficient (Wildman–Crippen LogP) is 3.33. The summed E-state index contributed by atoms with van der Waals surface area (Å²) in [7, 11) is 0. The molecule has 2 aromatic rings. The van der Waals surface area contributed by atoms with Crippen LogP contribution in [0.4, 0.5) is 10.1 Å². The van der Waals surface area contributed by atoms with E-state index in [1.165, 1.54) is 6.07 Å². The van der Waals surface area contributed by atoms with Crippen molar-refractivity contribution >= 4 is 17.5 Å². The Morgan fingerprint density at radius 2 is 1.68 bits per heavy atom. The molecule has 1 aliphatic rings. The van der Waals surface area contributed by atoms with Gasteiger partial charge in [0.15, 0.2) is 0 Å². The summed E-state index contributed by atoms with van der Waals surface area (Å²) < 4.78 is 13.6. The summed E-state index contributed by atoms with van der Waals surface area (Å²) >= 11 is 0. The van der Waals surface area contributed by atoms with Crippen LogP contribution in [0.3, 0.4) is 0 Å². The fourth-order valence-corrected chi connectivity index (χ4v) is 3.01. The molecule has 0 spiro atoms. The monoisotopic (exact) mass is 340 g/mol. The van der Waals surface area contributed by atoms with E-state index in [1.54, 1.807) is 18.2 Å². The Labute approximate surface area is 146 Å². The van der Waals surface area contributed by atoms with Crippen LogP contribution in [0, 0.1) is 31.5 Å². The predicted molar refractivity (Wildman–Crippen MR) is 94.4 cm³/mol. The van der Waals surface area contributed by atoms with E-state index in [-0.39, 0.29) is 36.0 Å². The summed E-state index contributed by atoms with van der Waals surface area (Å²) in [6.45, 7) is 4.07. The summed E-state index contributed by atoms with van der Waals surface area (Å²) in [5, 5.41) is 5.58. The second-order valence-electron chi connectivity index (χ2n) is 6.62. The van der Waals surface area contributed by atoms with Crippen LogP contribution in [0.1, 0.15) is 23.1 Å². The molecule has 4 nitrogen and oxygen atoms in total. The van der Waals surface area contributed by atoms with Gasteiger partial charge in [0.05, 0.1) is 11.8 Å². The number of amides is 2. The Bertz CT molecular complexity index is 799. The molecular weight excluding hydrogens is 319 g/mol. The van der Waals surface area contributed by atoms with Gasteiger partial charge >= 0.3 is 0 Å². The van der Waals surface area contributed by atoms with Gasteiger partial charge in [-0.15, -0.1) is 0 Å². The maximum atomic E-state index is 13.6. The summed E-state index contributed by atoms with van der Waals surface area (Å²) in [6, 6.07) is 12.2. The number of benzene rings is 2. The Balaban J connectivity index is 1.52. The van der Waals surface area contributed by atoms with Crippen molar-refractivity contribution in [2.45, 2.75) is 26.8 Å². The van der Waals surface area contributed by atoms with Crippen LogP contribution in [-0.2, 0) is 16.1 Å². The third-order valence-electron chi connectivity index (χ3n) is 4.36. The first-order chi connectivity index (χ1) is 11.9. The van der Waals surface area contributed by atoms with E-state index in [0.717, 1.165) is 16.8 Å². The van der Waals surface area contributed by atoms with Crippen LogP contribution in [0.15, 0.2) is 42.5 Å². The minimum absolute atomic E-state index is 0.132. The number of rotatable bonds is 5. The first-order valence-corrected chi connectivity index (χ1v) is 8.34. The molecule has 2 N–H and O–H groups in total. The second kappa shape index (κ2) is 7.05. The zero-order chi connectivity index (χ0) is 18.0. The van der Waals surface area contributed by atoms with Gasteiger partial charge in [-0.25, -0.2) is 4.39 Å². The number of nitrogens with one attached hydrogen (secondary N) is 2. The van der Waals surface area contributed by atoms with Crippen LogP contribution in [0.5, 0.6) is 0 Å². The third kappa shape index (κ3) is 4.24. The quantitative estimate of drug-likeness (QED) is 0.877. The maximum absolute atomic E-state index is 13.6. The minimum atomic E-state index is -0.345. The number of anilines is 1. The first kappa shape index (κ1) is 17.1. The summed E-state index contributed by atoms with van der Waals surface area (Å²) in [4.78, 5) is 24.4. The smallest absolute Gasteiger partial charge is 0.228 e. The molecule has 0 radical (unpaired) electrons. The molecule has 0 heterocycles. The topological polar surface area (TPSA) is 58.2 Å². The molecule has 2 atom stereocenters. The molecule has 130 valence electrons. The lowest BCUT2D eigenvalue weighted by atomic mass is 10.1. The van der Waals surface area contributed by atoms with Crippen LogP contribution in [0.2, 0.25) is 0 Å². The molecule has 2 aromatic carbocycles. The van der Waals surface area contributed by atoms with Gasteiger partial charge in [-0.1, -0.05) is 24.3 Å². The van der Waals surface area contributed by atoms with E-state index >= 15 is 0 Å². The Morgan fingerprint density at radius 3 is 2.36 bits per heavy atom. The fourth-order valence-electron chi connectivity index (χ4n) is 3.01. The van der Waals surface area contributed by atoms with Crippen molar-refractivity contribution < 1.29 is 14.0 Å². The molecule has 3 rings (SSSR count). The van der Waals surface area contributed by atoms with E-state index in [4.69, 9.17) is 0 Å². The average Bonchev–Trinajstić information content (AvgIpc) is 3.33. The second-order valence-corrected chi connectivity index (χ2v) is 6.62. The highest BCUT2D eigenvalue weighted by molar-refractivity contribution is 5.99. The molecule has 0 saturated heterocycles. The highest BCUT2D eigenvalue weighted by Gasteiger charge is 2.47. The van der Waals surface area contributed by atoms with Gasteiger partial charge in [0.2, 0.25) is 11.8 Å². The van der Waals surface area contributed by atoms with Crippen molar-refractivity contribution in [2.24, 2.45) is 11.8 Å². The van der Waals surface area contributed by atoms with Gasteiger partial charge in [-0.2, -0.15) is 0 Å². The molecule has 25 heavy (non-hydrogen) atoms. The number of hydrogen-bond donors (Lipinski definition) is 2. The van der Waals surface area contributed by atoms with Crippen molar-refractivity contribution in [2.75, 3.05) is 5.32 Å². The van der Waals surface area contributed by atoms with Crippen molar-refractivity contribution in [3.63, 3.8) is 0 Å². The van der Waals surface area contributed by atoms with Gasteiger partial charge in [0, 0.05) is 17.8 Å². The van der Waals surface area contributed by atoms with E-state index in [9.17, 15) is 14.0 Å². The summed E-state index contributed by atoms with van der Waals surface area (Å²) in [5.74, 6) is -1.35. The highest BCUT2D eigenvalue weighted by Crippen LogP contribution is 2.39. The molecule has 5 heteroatoms. The molecule has 1 saturated carbocycles. The van der Waals surface area contributed by atoms with Crippen molar-refractivity contribution in [3.8, 4) is 0 Å². The third-order valence-corrected chi connectivity index (χ3v) is 4.36. The Morgan fingerprint density at radius 1 is 1.04 bits per heavy atom. The lowest BCUT2D eigenvalue weighted by Crippen LogP contribution is -2.27. The number of hydrogen-bond acceptors (Lipinski definition) is 2. The first-order valence-electron chi connectivity index (χ1n) is 8.34. The van der Waals surface area contributed by atoms with Crippen LogP contribution in [-0.4, -0.2) is 11.8 Å². The van der Waals surface area contributed by atoms with Crippen molar-refractivity contribution in [3.05, 3.63) is 65.0 Å². The fraction of sp³-hybridized carbons (Fsp3) is 0.300. The minimum Gasteiger partial charge on any atom is -0.352 e. The van der Waals surface area contributed by atoms with Crippen LogP contribution >= 0.6 is 0 Å². The van der Waals surface area contributed by atoms with Gasteiger partial charge in [0.25, 0.3) is 0 Å². The summed E-state index contributed by atoms with van der Waals surface area (Å²) in [6.07, 6.45) is 0.528. The molecule has 1 fully saturated rings. The highest BCUT2D eigenvalue weighted by atomic mass is 19.1. The molecule has 0 bridgehead atoms. The Hall–Kier alpha value is -2.69. The van der Waals surface area contributed by atoms with Crippen molar-refractivity contribution in [1.29, 1.82) is 0 Å². The lowest BCUT2D eigenvalue weighted by Gasteiger charge is -2.08. The van der Waals surface area contributed by atoms with Gasteiger partial charge in [-0.3, -0.25) is 9.59 Å². The summed E-state index contributed by atoms with van der Waals surface area (Å²) in [5.41, 5.74) is 3.34. The number of halogens is 1. The SMILES string of the molecule is Cc1cc(C)cc(NC(=O)C2CC2C(=O)NCc2ccccc2F)c1. The maximum Gasteiger partial charge on any atom is 0.228 e. The molecule has 0 aliphatic heterocycles. The van der Waals surface area contributed by atoms with Crippen molar-refractivity contribution in [1.82, 2.24) is 5.32 Å². The average molecular weight is 340 g/mol. The van der Waals surface area contributed by atoms with Gasteiger partial charge in [-0.05, 0) is 49.6 Å². The van der Waals surface area contributed by atoms with E-state index in [2.05, 4.69) is 10.6 Å². The van der Waals surface area contributed by atoms with E-state index in [1.807, 2.05) is 32.0 Å². The number of aryl methyl sites for hydroxylation is 2.